The van der Waals surface area contributed by atoms with Gasteiger partial charge in [0.1, 0.15) is 0 Å². The lowest BCUT2D eigenvalue weighted by Gasteiger charge is -2.24. The summed E-state index contributed by atoms with van der Waals surface area (Å²) in [6.45, 7) is 28.1. The molecular formula is C60H52S8. The van der Waals surface area contributed by atoms with E-state index >= 15 is 0 Å². The maximum absolute atomic E-state index is 2.54. The van der Waals surface area contributed by atoms with E-state index in [2.05, 4.69) is 168 Å². The predicted molar refractivity (Wildman–Crippen MR) is 307 cm³/mol. The van der Waals surface area contributed by atoms with Gasteiger partial charge in [0.05, 0.1) is 0 Å². The number of benzene rings is 2. The summed E-state index contributed by atoms with van der Waals surface area (Å²) in [4.78, 5) is 22.8. The summed E-state index contributed by atoms with van der Waals surface area (Å²) in [5.41, 5.74) is 21.3. The van der Waals surface area contributed by atoms with Crippen LogP contribution in [0.25, 0.3) is 80.8 Å². The molecule has 8 aromatic heterocycles. The Morgan fingerprint density at radius 2 is 0.647 bits per heavy atom. The van der Waals surface area contributed by atoms with Gasteiger partial charge in [-0.1, -0.05) is 41.5 Å². The van der Waals surface area contributed by atoms with Gasteiger partial charge in [0.15, 0.2) is 0 Å². The highest BCUT2D eigenvalue weighted by atomic mass is 32.1. The van der Waals surface area contributed by atoms with Gasteiger partial charge in [0.2, 0.25) is 0 Å². The van der Waals surface area contributed by atoms with Gasteiger partial charge in [-0.2, -0.15) is 0 Å². The van der Waals surface area contributed by atoms with Gasteiger partial charge >= 0.3 is 0 Å². The summed E-state index contributed by atoms with van der Waals surface area (Å²) < 4.78 is 0. The highest BCUT2D eigenvalue weighted by Crippen LogP contribution is 2.63. The first-order chi connectivity index (χ1) is 32.5. The third-order valence-electron chi connectivity index (χ3n) is 15.6. The molecule has 0 amide bonds. The Kier molecular flexibility index (Phi) is 9.89. The van der Waals surface area contributed by atoms with E-state index in [9.17, 15) is 0 Å². The van der Waals surface area contributed by atoms with E-state index < -0.39 is 0 Å². The van der Waals surface area contributed by atoms with Crippen LogP contribution in [0.5, 0.6) is 0 Å². The molecule has 4 aliphatic rings. The maximum Gasteiger partial charge on any atom is 0.0452 e. The first kappa shape index (κ1) is 44.0. The Bertz CT molecular complexity index is 3500. The SMILES string of the molecule is Cc1ccc(-c2cc3c(s2)-c2c(C)c4c(c(C)c2C3C)-c2sc(-c3ccc(C)s3)cc2C4C)s1.Cc1ccc(-c2cc3c(s2)-c2cc4c(cc2C3(C)C)-c2sc(-c3ccc(C)s3)cc2C4(C)C)s1. The molecular weight excluding hydrogens is 977 g/mol. The molecule has 2 unspecified atom stereocenters. The number of rotatable bonds is 4. The molecule has 0 bridgehead atoms. The molecule has 14 rings (SSSR count). The predicted octanol–water partition coefficient (Wildman–Crippen LogP) is 21.3. The Balaban J connectivity index is 0.000000134. The summed E-state index contributed by atoms with van der Waals surface area (Å²) in [7, 11) is 0. The van der Waals surface area contributed by atoms with Crippen molar-refractivity contribution in [2.75, 3.05) is 0 Å². The minimum atomic E-state index is 0.0264. The quantitative estimate of drug-likeness (QED) is 0.165. The number of hydrogen-bond donors (Lipinski definition) is 0. The molecule has 0 N–H and O–H groups in total. The van der Waals surface area contributed by atoms with E-state index in [0.717, 1.165) is 0 Å². The molecule has 340 valence electrons. The fraction of sp³-hybridized carbons (Fsp3) is 0.267. The third-order valence-corrected chi connectivity index (χ3v) is 25.1. The van der Waals surface area contributed by atoms with Crippen LogP contribution in [0.15, 0.2) is 84.9 Å². The molecule has 0 nitrogen and oxygen atoms in total. The number of fused-ring (bicyclic) bond motifs is 12. The zero-order valence-electron chi connectivity index (χ0n) is 40.5. The van der Waals surface area contributed by atoms with Crippen molar-refractivity contribution in [1.82, 2.24) is 0 Å². The maximum atomic E-state index is 2.54. The molecule has 8 heteroatoms. The van der Waals surface area contributed by atoms with Crippen LogP contribution in [0.2, 0.25) is 0 Å². The fourth-order valence-corrected chi connectivity index (χ4v) is 21.3. The smallest absolute Gasteiger partial charge is 0.0452 e. The molecule has 4 aliphatic carbocycles. The zero-order valence-corrected chi connectivity index (χ0v) is 47.0. The van der Waals surface area contributed by atoms with Gasteiger partial charge in [-0.05, 0) is 204 Å². The first-order valence-corrected chi connectivity index (χ1v) is 30.2. The third kappa shape index (κ3) is 6.27. The second kappa shape index (κ2) is 15.3. The van der Waals surface area contributed by atoms with Crippen LogP contribution in [-0.4, -0.2) is 0 Å². The molecule has 2 aromatic carbocycles. The highest BCUT2D eigenvalue weighted by molar-refractivity contribution is 7.26. The van der Waals surface area contributed by atoms with Gasteiger partial charge in [-0.15, -0.1) is 90.7 Å². The monoisotopic (exact) mass is 1030 g/mol. The molecule has 10 aromatic rings. The van der Waals surface area contributed by atoms with Crippen molar-refractivity contribution in [1.29, 1.82) is 0 Å². The molecule has 2 atom stereocenters. The van der Waals surface area contributed by atoms with E-state index in [1.54, 1.807) is 22.3 Å². The Morgan fingerprint density at radius 3 is 0.956 bits per heavy atom. The first-order valence-electron chi connectivity index (χ1n) is 23.7. The number of hydrogen-bond acceptors (Lipinski definition) is 8. The topological polar surface area (TPSA) is 0 Å². The summed E-state index contributed by atoms with van der Waals surface area (Å²) >= 11 is 15.6. The summed E-state index contributed by atoms with van der Waals surface area (Å²) in [6, 6.07) is 33.1. The summed E-state index contributed by atoms with van der Waals surface area (Å²) in [5, 5.41) is 0. The highest BCUT2D eigenvalue weighted by Gasteiger charge is 2.44. The Morgan fingerprint density at radius 1 is 0.338 bits per heavy atom. The van der Waals surface area contributed by atoms with Crippen LogP contribution in [0, 0.1) is 41.5 Å². The molecule has 0 saturated heterocycles. The minimum Gasteiger partial charge on any atom is -0.140 e. The Hall–Kier alpha value is -3.96. The van der Waals surface area contributed by atoms with E-state index in [-0.39, 0.29) is 10.8 Å². The molecule has 0 aliphatic heterocycles. The van der Waals surface area contributed by atoms with Gasteiger partial charge in [0.25, 0.3) is 0 Å². The van der Waals surface area contributed by atoms with Crippen molar-refractivity contribution in [3.8, 4) is 80.8 Å². The summed E-state index contributed by atoms with van der Waals surface area (Å²) in [5.74, 6) is 0.914. The molecule has 0 spiro atoms. The van der Waals surface area contributed by atoms with Crippen LogP contribution >= 0.6 is 90.7 Å². The van der Waals surface area contributed by atoms with Crippen LogP contribution in [0.4, 0.5) is 0 Å². The lowest BCUT2D eigenvalue weighted by molar-refractivity contribution is 0.653. The van der Waals surface area contributed by atoms with Crippen molar-refractivity contribution in [2.24, 2.45) is 0 Å². The van der Waals surface area contributed by atoms with Crippen LogP contribution < -0.4 is 0 Å². The van der Waals surface area contributed by atoms with E-state index in [1.165, 1.54) is 134 Å². The Labute approximate surface area is 433 Å². The van der Waals surface area contributed by atoms with Crippen LogP contribution in [0.1, 0.15) is 129 Å². The van der Waals surface area contributed by atoms with Crippen molar-refractivity contribution in [3.63, 3.8) is 0 Å². The largest absolute Gasteiger partial charge is 0.140 e. The summed E-state index contributed by atoms with van der Waals surface area (Å²) in [6.07, 6.45) is 0. The molecule has 0 fully saturated rings. The lowest BCUT2D eigenvalue weighted by Crippen LogP contribution is -2.16. The van der Waals surface area contributed by atoms with Crippen molar-refractivity contribution >= 4 is 90.7 Å². The van der Waals surface area contributed by atoms with Crippen molar-refractivity contribution in [3.05, 3.63) is 160 Å². The second-order valence-corrected chi connectivity index (χ2v) is 30.0. The second-order valence-electron chi connectivity index (χ2n) is 20.6. The van der Waals surface area contributed by atoms with Gasteiger partial charge in [-0.3, -0.25) is 0 Å². The average molecular weight is 1030 g/mol. The van der Waals surface area contributed by atoms with E-state index in [4.69, 9.17) is 0 Å². The standard InChI is InChI=1S/2C30H26S4/c1-15-7-9-23(31-15)25-13-21-27(33-25)17-11-20-18(12-19(17)29(21,3)4)28-22(30(20,5)6)14-26(34-28)24-10-8-16(2)32-24;1-13-7-9-21(31-13)23-11-19-15(3)25-18(6)28-26(17(5)27(25)29(19)33-23)16(4)20-12-24(34-30(20)28)22-10-8-14(2)32-22/h7-14H,1-6H3;7-12,15-16H,1-6H3. The van der Waals surface area contributed by atoms with E-state index in [1.807, 2.05) is 90.7 Å². The minimum absolute atomic E-state index is 0.0264. The van der Waals surface area contributed by atoms with Crippen molar-refractivity contribution in [2.45, 2.75) is 106 Å². The number of aryl methyl sites for hydroxylation is 4. The molecule has 8 heterocycles. The molecule has 68 heavy (non-hydrogen) atoms. The van der Waals surface area contributed by atoms with Gasteiger partial charge in [-0.25, -0.2) is 0 Å². The van der Waals surface area contributed by atoms with Crippen molar-refractivity contribution < 1.29 is 0 Å². The normalized spacial score (nSPS) is 17.1. The van der Waals surface area contributed by atoms with Crippen LogP contribution in [0.3, 0.4) is 0 Å². The zero-order chi connectivity index (χ0) is 47.0. The fourth-order valence-electron chi connectivity index (χ4n) is 12.0. The van der Waals surface area contributed by atoms with Crippen LogP contribution in [-0.2, 0) is 10.8 Å². The van der Waals surface area contributed by atoms with E-state index in [0.29, 0.717) is 11.8 Å². The average Bonchev–Trinajstić information content (AvgIpc) is 4.13. The van der Waals surface area contributed by atoms with Gasteiger partial charge < -0.3 is 0 Å². The molecule has 0 saturated carbocycles. The molecule has 0 radical (unpaired) electrons. The van der Waals surface area contributed by atoms with Gasteiger partial charge in [0, 0.05) is 101 Å². The number of thiophene rings is 8. The lowest BCUT2D eigenvalue weighted by atomic mass is 9.79.